The first-order chi connectivity index (χ1) is 11.4. The van der Waals surface area contributed by atoms with E-state index in [2.05, 4.69) is 14.9 Å². The van der Waals surface area contributed by atoms with Crippen LogP contribution < -0.4 is 4.74 Å². The topological polar surface area (TPSA) is 64.2 Å². The lowest BCUT2D eigenvalue weighted by atomic mass is 10.0. The molecule has 1 heterocycles. The molecule has 3 aromatic rings. The van der Waals surface area contributed by atoms with Crippen molar-refractivity contribution in [3.63, 3.8) is 0 Å². The standard InChI is InChI=1S/C16H11F3N2O3/c1-23-15(22)13-7-10(6-11-8-20-21-14(11)13)9-2-4-12(5-3-9)24-16(17,18)19/h2-8H,1H3,(H,20,21). The highest BCUT2D eigenvalue weighted by Crippen LogP contribution is 2.30. The summed E-state index contributed by atoms with van der Waals surface area (Å²) in [6.45, 7) is 0. The van der Waals surface area contributed by atoms with Crippen molar-refractivity contribution in [2.24, 2.45) is 0 Å². The van der Waals surface area contributed by atoms with Crippen molar-refractivity contribution in [2.75, 3.05) is 7.11 Å². The van der Waals surface area contributed by atoms with Crippen LogP contribution in [-0.4, -0.2) is 29.6 Å². The van der Waals surface area contributed by atoms with Gasteiger partial charge in [0.05, 0.1) is 24.4 Å². The number of ether oxygens (including phenoxy) is 2. The molecule has 1 N–H and O–H groups in total. The summed E-state index contributed by atoms with van der Waals surface area (Å²) in [5, 5.41) is 7.29. The minimum absolute atomic E-state index is 0.290. The summed E-state index contributed by atoms with van der Waals surface area (Å²) in [6, 6.07) is 8.73. The molecule has 124 valence electrons. The lowest BCUT2D eigenvalue weighted by Crippen LogP contribution is -2.16. The monoisotopic (exact) mass is 336 g/mol. The van der Waals surface area contributed by atoms with Gasteiger partial charge in [0.2, 0.25) is 0 Å². The fraction of sp³-hybridized carbons (Fsp3) is 0.125. The molecular weight excluding hydrogens is 325 g/mol. The van der Waals surface area contributed by atoms with Gasteiger partial charge in [0, 0.05) is 5.39 Å². The molecule has 2 aromatic carbocycles. The summed E-state index contributed by atoms with van der Waals surface area (Å²) in [4.78, 5) is 11.9. The van der Waals surface area contributed by atoms with E-state index in [4.69, 9.17) is 4.74 Å². The third-order valence-corrected chi connectivity index (χ3v) is 3.38. The van der Waals surface area contributed by atoms with E-state index in [-0.39, 0.29) is 11.3 Å². The molecule has 0 unspecified atom stereocenters. The maximum Gasteiger partial charge on any atom is 0.573 e. The average Bonchev–Trinajstić information content (AvgIpc) is 3.01. The molecule has 0 saturated carbocycles. The molecule has 0 aliphatic rings. The zero-order valence-corrected chi connectivity index (χ0v) is 12.3. The molecule has 0 aliphatic heterocycles. The minimum atomic E-state index is -4.74. The quantitative estimate of drug-likeness (QED) is 0.737. The Morgan fingerprint density at radius 3 is 2.46 bits per heavy atom. The zero-order valence-electron chi connectivity index (χ0n) is 12.3. The van der Waals surface area contributed by atoms with Crippen molar-refractivity contribution < 1.29 is 27.4 Å². The zero-order chi connectivity index (χ0) is 17.3. The molecule has 0 bridgehead atoms. The number of esters is 1. The lowest BCUT2D eigenvalue weighted by molar-refractivity contribution is -0.274. The number of methoxy groups -OCH3 is 1. The Hall–Kier alpha value is -3.03. The Bertz CT molecular complexity index is 886. The van der Waals surface area contributed by atoms with E-state index >= 15 is 0 Å². The first kappa shape index (κ1) is 15.9. The summed E-state index contributed by atoms with van der Waals surface area (Å²) < 4.78 is 45.2. The molecule has 0 spiro atoms. The Labute approximate surface area is 134 Å². The lowest BCUT2D eigenvalue weighted by Gasteiger charge is -2.10. The molecule has 24 heavy (non-hydrogen) atoms. The second-order valence-electron chi connectivity index (χ2n) is 4.92. The summed E-state index contributed by atoms with van der Waals surface area (Å²) in [7, 11) is 1.26. The maximum absolute atomic E-state index is 12.2. The van der Waals surface area contributed by atoms with E-state index in [0.29, 0.717) is 22.0 Å². The smallest absolute Gasteiger partial charge is 0.465 e. The van der Waals surface area contributed by atoms with Gasteiger partial charge in [0.1, 0.15) is 5.75 Å². The number of aromatic amines is 1. The number of nitrogens with zero attached hydrogens (tertiary/aromatic N) is 1. The number of fused-ring (bicyclic) bond motifs is 1. The number of hydrogen-bond acceptors (Lipinski definition) is 4. The molecular formula is C16H11F3N2O3. The van der Waals surface area contributed by atoms with Gasteiger partial charge in [-0.05, 0) is 35.4 Å². The Balaban J connectivity index is 2.01. The van der Waals surface area contributed by atoms with Crippen LogP contribution in [0, 0.1) is 0 Å². The van der Waals surface area contributed by atoms with Crippen LogP contribution in [0.2, 0.25) is 0 Å². The van der Waals surface area contributed by atoms with Gasteiger partial charge in [-0.3, -0.25) is 5.10 Å². The highest BCUT2D eigenvalue weighted by Gasteiger charge is 2.31. The number of nitrogens with one attached hydrogen (secondary N) is 1. The molecule has 0 radical (unpaired) electrons. The molecule has 0 aliphatic carbocycles. The molecule has 1 aromatic heterocycles. The van der Waals surface area contributed by atoms with E-state index < -0.39 is 12.3 Å². The van der Waals surface area contributed by atoms with Gasteiger partial charge in [-0.1, -0.05) is 12.1 Å². The van der Waals surface area contributed by atoms with Crippen LogP contribution in [0.15, 0.2) is 42.6 Å². The van der Waals surface area contributed by atoms with Crippen molar-refractivity contribution in [1.82, 2.24) is 10.2 Å². The SMILES string of the molecule is COC(=O)c1cc(-c2ccc(OC(F)(F)F)cc2)cc2cn[nH]c12. The normalized spacial score (nSPS) is 11.5. The van der Waals surface area contributed by atoms with E-state index in [9.17, 15) is 18.0 Å². The first-order valence-corrected chi connectivity index (χ1v) is 6.79. The number of alkyl halides is 3. The number of H-pyrrole nitrogens is 1. The molecule has 0 fully saturated rings. The van der Waals surface area contributed by atoms with Crippen LogP contribution in [0.4, 0.5) is 13.2 Å². The minimum Gasteiger partial charge on any atom is -0.465 e. The summed E-state index contributed by atoms with van der Waals surface area (Å²) in [5.41, 5.74) is 2.08. The van der Waals surface area contributed by atoms with Gasteiger partial charge >= 0.3 is 12.3 Å². The number of carbonyl (C=O) groups is 1. The van der Waals surface area contributed by atoms with Crippen molar-refractivity contribution in [2.45, 2.75) is 6.36 Å². The number of hydrogen-bond donors (Lipinski definition) is 1. The second-order valence-corrected chi connectivity index (χ2v) is 4.92. The van der Waals surface area contributed by atoms with Crippen molar-refractivity contribution in [3.05, 3.63) is 48.2 Å². The van der Waals surface area contributed by atoms with Crippen LogP contribution in [0.1, 0.15) is 10.4 Å². The third-order valence-electron chi connectivity index (χ3n) is 3.38. The highest BCUT2D eigenvalue weighted by molar-refractivity contribution is 6.04. The number of aromatic nitrogens is 2. The van der Waals surface area contributed by atoms with Crippen LogP contribution >= 0.6 is 0 Å². The van der Waals surface area contributed by atoms with Crippen LogP contribution in [0.3, 0.4) is 0 Å². The molecule has 3 rings (SSSR count). The Morgan fingerprint density at radius 1 is 1.12 bits per heavy atom. The van der Waals surface area contributed by atoms with Gasteiger partial charge in [0.15, 0.2) is 0 Å². The maximum atomic E-state index is 12.2. The molecule has 5 nitrogen and oxygen atoms in total. The third kappa shape index (κ3) is 3.17. The summed E-state index contributed by atoms with van der Waals surface area (Å²) >= 11 is 0. The van der Waals surface area contributed by atoms with Crippen molar-refractivity contribution in [1.29, 1.82) is 0 Å². The van der Waals surface area contributed by atoms with E-state index in [1.54, 1.807) is 18.3 Å². The van der Waals surface area contributed by atoms with Crippen LogP contribution in [-0.2, 0) is 4.74 Å². The number of carbonyl (C=O) groups excluding carboxylic acids is 1. The van der Waals surface area contributed by atoms with Gasteiger partial charge < -0.3 is 9.47 Å². The first-order valence-electron chi connectivity index (χ1n) is 6.79. The summed E-state index contributed by atoms with van der Waals surface area (Å²) in [5.74, 6) is -0.855. The molecule has 0 atom stereocenters. The molecule has 0 saturated heterocycles. The predicted octanol–water partition coefficient (Wildman–Crippen LogP) is 3.92. The molecule has 0 amide bonds. The predicted molar refractivity (Wildman–Crippen MR) is 79.6 cm³/mol. The van der Waals surface area contributed by atoms with Crippen LogP contribution in [0.5, 0.6) is 5.75 Å². The van der Waals surface area contributed by atoms with E-state index in [0.717, 1.165) is 0 Å². The van der Waals surface area contributed by atoms with Gasteiger partial charge in [0.25, 0.3) is 0 Å². The van der Waals surface area contributed by atoms with Gasteiger partial charge in [-0.2, -0.15) is 5.10 Å². The number of halogens is 3. The summed E-state index contributed by atoms with van der Waals surface area (Å²) in [6.07, 6.45) is -3.19. The highest BCUT2D eigenvalue weighted by atomic mass is 19.4. The van der Waals surface area contributed by atoms with Crippen molar-refractivity contribution in [3.8, 4) is 16.9 Å². The fourth-order valence-corrected chi connectivity index (χ4v) is 2.34. The number of benzene rings is 2. The molecule has 8 heteroatoms. The second kappa shape index (κ2) is 5.88. The van der Waals surface area contributed by atoms with E-state index in [1.165, 1.54) is 31.4 Å². The van der Waals surface area contributed by atoms with Gasteiger partial charge in [-0.15, -0.1) is 13.2 Å². The fourth-order valence-electron chi connectivity index (χ4n) is 2.34. The largest absolute Gasteiger partial charge is 0.573 e. The van der Waals surface area contributed by atoms with E-state index in [1.807, 2.05) is 0 Å². The Kier molecular flexibility index (Phi) is 3.88. The van der Waals surface area contributed by atoms with Crippen LogP contribution in [0.25, 0.3) is 22.0 Å². The number of rotatable bonds is 3. The average molecular weight is 336 g/mol. The van der Waals surface area contributed by atoms with Crippen molar-refractivity contribution >= 4 is 16.9 Å². The Morgan fingerprint density at radius 2 is 1.83 bits per heavy atom. The van der Waals surface area contributed by atoms with Gasteiger partial charge in [-0.25, -0.2) is 4.79 Å².